The Balaban J connectivity index is 2.13. The van der Waals surface area contributed by atoms with Crippen LogP contribution in [0, 0.1) is 12.7 Å². The van der Waals surface area contributed by atoms with Crippen molar-refractivity contribution in [2.45, 2.75) is 33.2 Å². The minimum Gasteiger partial charge on any atom is -0.455 e. The zero-order valence-electron chi connectivity index (χ0n) is 12.7. The molecule has 1 aromatic heterocycles. The van der Waals surface area contributed by atoms with E-state index >= 15 is 0 Å². The van der Waals surface area contributed by atoms with Crippen LogP contribution in [0.3, 0.4) is 0 Å². The van der Waals surface area contributed by atoms with E-state index in [1.807, 2.05) is 19.1 Å². The summed E-state index contributed by atoms with van der Waals surface area (Å²) in [5.74, 6) is 0.820. The molecule has 0 saturated carbocycles. The molecule has 1 N–H and O–H groups in total. The van der Waals surface area contributed by atoms with Gasteiger partial charge in [-0.15, -0.1) is 0 Å². The quantitative estimate of drug-likeness (QED) is 0.856. The Morgan fingerprint density at radius 1 is 1.24 bits per heavy atom. The van der Waals surface area contributed by atoms with Crippen LogP contribution in [0.4, 0.5) is 4.39 Å². The molecule has 0 saturated heterocycles. The van der Waals surface area contributed by atoms with Crippen molar-refractivity contribution in [1.82, 2.24) is 10.3 Å². The molecule has 0 aliphatic carbocycles. The van der Waals surface area contributed by atoms with Crippen LogP contribution in [0.15, 0.2) is 36.5 Å². The van der Waals surface area contributed by atoms with Gasteiger partial charge in [0.15, 0.2) is 0 Å². The van der Waals surface area contributed by atoms with Gasteiger partial charge >= 0.3 is 0 Å². The van der Waals surface area contributed by atoms with Gasteiger partial charge < -0.3 is 10.1 Å². The Kier molecular flexibility index (Phi) is 5.28. The maximum absolute atomic E-state index is 13.2. The molecule has 0 radical (unpaired) electrons. The van der Waals surface area contributed by atoms with Crippen LogP contribution < -0.4 is 10.1 Å². The Hall–Kier alpha value is -1.94. The number of benzene rings is 1. The number of halogens is 1. The third kappa shape index (κ3) is 4.02. The standard InChI is InChI=1S/C17H21FN2O/c1-4-15(19-5-2)16-9-8-14(11-20-16)21-17-10-13(18)7-6-12(17)3/h6-11,15,19H,4-5H2,1-3H3. The summed E-state index contributed by atoms with van der Waals surface area (Å²) in [5.41, 5.74) is 1.88. The normalized spacial score (nSPS) is 12.2. The Morgan fingerprint density at radius 2 is 2.05 bits per heavy atom. The molecule has 3 nitrogen and oxygen atoms in total. The smallest absolute Gasteiger partial charge is 0.145 e. The van der Waals surface area contributed by atoms with Gasteiger partial charge in [-0.1, -0.05) is 19.9 Å². The van der Waals surface area contributed by atoms with Crippen molar-refractivity contribution in [3.63, 3.8) is 0 Å². The summed E-state index contributed by atoms with van der Waals surface area (Å²) in [5, 5.41) is 3.38. The van der Waals surface area contributed by atoms with E-state index in [-0.39, 0.29) is 11.9 Å². The van der Waals surface area contributed by atoms with E-state index in [0.717, 1.165) is 24.2 Å². The van der Waals surface area contributed by atoms with Gasteiger partial charge in [-0.2, -0.15) is 0 Å². The summed E-state index contributed by atoms with van der Waals surface area (Å²) in [7, 11) is 0. The van der Waals surface area contributed by atoms with Crippen LogP contribution in [-0.2, 0) is 0 Å². The lowest BCUT2D eigenvalue weighted by atomic mass is 10.1. The number of aryl methyl sites for hydroxylation is 1. The molecular formula is C17H21FN2O. The second-order valence-electron chi connectivity index (χ2n) is 4.95. The van der Waals surface area contributed by atoms with Crippen molar-refractivity contribution in [3.05, 3.63) is 53.6 Å². The first-order valence-corrected chi connectivity index (χ1v) is 7.27. The van der Waals surface area contributed by atoms with E-state index in [1.165, 1.54) is 12.1 Å². The first-order valence-electron chi connectivity index (χ1n) is 7.27. The number of aromatic nitrogens is 1. The van der Waals surface area contributed by atoms with E-state index < -0.39 is 0 Å². The number of ether oxygens (including phenoxy) is 1. The molecule has 0 aliphatic rings. The monoisotopic (exact) mass is 288 g/mol. The molecule has 0 spiro atoms. The highest BCUT2D eigenvalue weighted by Crippen LogP contribution is 2.26. The van der Waals surface area contributed by atoms with Crippen molar-refractivity contribution in [2.24, 2.45) is 0 Å². The molecule has 0 bridgehead atoms. The summed E-state index contributed by atoms with van der Waals surface area (Å²) in [6.07, 6.45) is 2.66. The van der Waals surface area contributed by atoms with Crippen LogP contribution in [0.1, 0.15) is 37.6 Å². The molecule has 1 atom stereocenters. The van der Waals surface area contributed by atoms with Crippen molar-refractivity contribution in [1.29, 1.82) is 0 Å². The average molecular weight is 288 g/mol. The Morgan fingerprint density at radius 3 is 2.67 bits per heavy atom. The zero-order valence-corrected chi connectivity index (χ0v) is 12.7. The van der Waals surface area contributed by atoms with Gasteiger partial charge in [-0.3, -0.25) is 4.98 Å². The van der Waals surface area contributed by atoms with E-state index in [9.17, 15) is 4.39 Å². The van der Waals surface area contributed by atoms with E-state index in [1.54, 1.807) is 12.3 Å². The molecule has 2 rings (SSSR count). The second kappa shape index (κ2) is 7.18. The highest BCUT2D eigenvalue weighted by molar-refractivity contribution is 5.37. The fraction of sp³-hybridized carbons (Fsp3) is 0.353. The lowest BCUT2D eigenvalue weighted by molar-refractivity contribution is 0.467. The molecule has 1 unspecified atom stereocenters. The van der Waals surface area contributed by atoms with Gasteiger partial charge in [0.2, 0.25) is 0 Å². The summed E-state index contributed by atoms with van der Waals surface area (Å²) in [6, 6.07) is 8.57. The molecule has 2 aromatic rings. The highest BCUT2D eigenvalue weighted by Gasteiger charge is 2.10. The first-order chi connectivity index (χ1) is 10.1. The van der Waals surface area contributed by atoms with Crippen LogP contribution in [0.25, 0.3) is 0 Å². The van der Waals surface area contributed by atoms with E-state index in [4.69, 9.17) is 4.74 Å². The predicted molar refractivity (Wildman–Crippen MR) is 82.2 cm³/mol. The molecule has 1 aromatic carbocycles. The number of hydrogen-bond acceptors (Lipinski definition) is 3. The third-order valence-corrected chi connectivity index (χ3v) is 3.35. The molecule has 1 heterocycles. The average Bonchev–Trinajstić information content (AvgIpc) is 2.49. The molecule has 0 amide bonds. The van der Waals surface area contributed by atoms with Gasteiger partial charge in [0.05, 0.1) is 11.9 Å². The number of hydrogen-bond donors (Lipinski definition) is 1. The van der Waals surface area contributed by atoms with Gasteiger partial charge in [0.25, 0.3) is 0 Å². The highest BCUT2D eigenvalue weighted by atomic mass is 19.1. The van der Waals surface area contributed by atoms with Gasteiger partial charge in [-0.05, 0) is 43.7 Å². The Labute approximate surface area is 125 Å². The van der Waals surface area contributed by atoms with Crippen LogP contribution in [-0.4, -0.2) is 11.5 Å². The zero-order chi connectivity index (χ0) is 15.2. The van der Waals surface area contributed by atoms with Gasteiger partial charge in [0.1, 0.15) is 17.3 Å². The van der Waals surface area contributed by atoms with Crippen LogP contribution in [0.5, 0.6) is 11.5 Å². The Bertz CT molecular complexity index is 584. The van der Waals surface area contributed by atoms with E-state index in [0.29, 0.717) is 11.5 Å². The van der Waals surface area contributed by atoms with Crippen molar-refractivity contribution >= 4 is 0 Å². The lowest BCUT2D eigenvalue weighted by Gasteiger charge is -2.15. The minimum atomic E-state index is -0.307. The fourth-order valence-electron chi connectivity index (χ4n) is 2.17. The number of rotatable bonds is 6. The van der Waals surface area contributed by atoms with E-state index in [2.05, 4.69) is 24.1 Å². The number of pyridine rings is 1. The maximum atomic E-state index is 13.2. The van der Waals surface area contributed by atoms with Crippen molar-refractivity contribution in [2.75, 3.05) is 6.54 Å². The third-order valence-electron chi connectivity index (χ3n) is 3.35. The molecule has 4 heteroatoms. The van der Waals surface area contributed by atoms with Crippen LogP contribution in [0.2, 0.25) is 0 Å². The summed E-state index contributed by atoms with van der Waals surface area (Å²) in [6.45, 7) is 6.98. The molecule has 21 heavy (non-hydrogen) atoms. The minimum absolute atomic E-state index is 0.250. The topological polar surface area (TPSA) is 34.1 Å². The summed E-state index contributed by atoms with van der Waals surface area (Å²) >= 11 is 0. The maximum Gasteiger partial charge on any atom is 0.145 e. The second-order valence-corrected chi connectivity index (χ2v) is 4.95. The molecular weight excluding hydrogens is 267 g/mol. The van der Waals surface area contributed by atoms with Gasteiger partial charge in [0, 0.05) is 12.1 Å². The van der Waals surface area contributed by atoms with Crippen molar-refractivity contribution < 1.29 is 9.13 Å². The number of nitrogens with one attached hydrogen (secondary N) is 1. The summed E-state index contributed by atoms with van der Waals surface area (Å²) < 4.78 is 18.9. The lowest BCUT2D eigenvalue weighted by Crippen LogP contribution is -2.20. The molecule has 112 valence electrons. The largest absolute Gasteiger partial charge is 0.455 e. The van der Waals surface area contributed by atoms with Crippen LogP contribution >= 0.6 is 0 Å². The predicted octanol–water partition coefficient (Wildman–Crippen LogP) is 4.38. The summed E-state index contributed by atoms with van der Waals surface area (Å²) in [4.78, 5) is 4.44. The first kappa shape index (κ1) is 15.4. The fourth-order valence-corrected chi connectivity index (χ4v) is 2.17. The molecule has 0 fully saturated rings. The number of nitrogens with zero attached hydrogens (tertiary/aromatic N) is 1. The molecule has 0 aliphatic heterocycles. The van der Waals surface area contributed by atoms with Crippen molar-refractivity contribution in [3.8, 4) is 11.5 Å². The van der Waals surface area contributed by atoms with Gasteiger partial charge in [-0.25, -0.2) is 4.39 Å². The SMILES string of the molecule is CCNC(CC)c1ccc(Oc2cc(F)ccc2C)cn1.